The van der Waals surface area contributed by atoms with E-state index in [-0.39, 0.29) is 5.91 Å². The van der Waals surface area contributed by atoms with Crippen LogP contribution in [0, 0.1) is 0 Å². The molecule has 94 valence electrons. The van der Waals surface area contributed by atoms with Crippen LogP contribution < -0.4 is 16.6 Å². The van der Waals surface area contributed by atoms with E-state index in [1.807, 2.05) is 0 Å². The van der Waals surface area contributed by atoms with Crippen LogP contribution in [0.4, 0.5) is 0 Å². The third-order valence-electron chi connectivity index (χ3n) is 3.24. The Morgan fingerprint density at radius 3 is 2.75 bits per heavy atom. The molecule has 0 aromatic heterocycles. The van der Waals surface area contributed by atoms with Gasteiger partial charge in [-0.15, -0.1) is 0 Å². The van der Waals surface area contributed by atoms with Crippen LogP contribution in [0.25, 0.3) is 0 Å². The summed E-state index contributed by atoms with van der Waals surface area (Å²) >= 11 is 0. The van der Waals surface area contributed by atoms with Crippen LogP contribution in [0.5, 0.6) is 0 Å². The zero-order valence-corrected chi connectivity index (χ0v) is 10.2. The van der Waals surface area contributed by atoms with Crippen LogP contribution >= 0.6 is 0 Å². The van der Waals surface area contributed by atoms with Gasteiger partial charge >= 0.3 is 0 Å². The third-order valence-corrected chi connectivity index (χ3v) is 3.24. The maximum absolute atomic E-state index is 11.0. The molecule has 1 heterocycles. The summed E-state index contributed by atoms with van der Waals surface area (Å²) in [6, 6.07) is 0.687. The Labute approximate surface area is 97.7 Å². The molecule has 1 rings (SSSR count). The molecule has 1 aliphatic heterocycles. The van der Waals surface area contributed by atoms with Crippen molar-refractivity contribution >= 4 is 5.91 Å². The molecule has 4 N–H and O–H groups in total. The Bertz CT molecular complexity index is 204. The Hall–Kier alpha value is -0.650. The summed E-state index contributed by atoms with van der Waals surface area (Å²) in [5.41, 5.74) is 2.17. The lowest BCUT2D eigenvalue weighted by atomic mass is 10.0. The van der Waals surface area contributed by atoms with E-state index in [1.165, 1.54) is 12.8 Å². The van der Waals surface area contributed by atoms with E-state index in [1.54, 1.807) is 0 Å². The van der Waals surface area contributed by atoms with Crippen molar-refractivity contribution in [3.05, 3.63) is 0 Å². The molecule has 1 fully saturated rings. The fraction of sp³-hybridized carbons (Fsp3) is 0.909. The van der Waals surface area contributed by atoms with Gasteiger partial charge in [0.15, 0.2) is 0 Å². The summed E-state index contributed by atoms with van der Waals surface area (Å²) in [5, 5.41) is 3.37. The van der Waals surface area contributed by atoms with Gasteiger partial charge in [0, 0.05) is 12.5 Å². The predicted molar refractivity (Wildman–Crippen MR) is 64.7 cm³/mol. The molecule has 0 aliphatic carbocycles. The second-order valence-electron chi connectivity index (χ2n) is 4.28. The molecule has 1 saturated heterocycles. The highest BCUT2D eigenvalue weighted by atomic mass is 16.2. The molecule has 1 amide bonds. The normalized spacial score (nSPS) is 17.7. The van der Waals surface area contributed by atoms with E-state index in [0.717, 1.165) is 32.6 Å². The second-order valence-corrected chi connectivity index (χ2v) is 4.28. The van der Waals surface area contributed by atoms with Crippen LogP contribution in [0.2, 0.25) is 0 Å². The average Bonchev–Trinajstić information content (AvgIpc) is 2.35. The van der Waals surface area contributed by atoms with E-state index in [2.05, 4.69) is 22.6 Å². The summed E-state index contributed by atoms with van der Waals surface area (Å²) < 4.78 is 0. The van der Waals surface area contributed by atoms with Gasteiger partial charge in [0.2, 0.25) is 5.91 Å². The first-order valence-electron chi connectivity index (χ1n) is 6.22. The first-order valence-corrected chi connectivity index (χ1v) is 6.22. The van der Waals surface area contributed by atoms with Crippen molar-refractivity contribution in [2.24, 2.45) is 5.84 Å². The largest absolute Gasteiger partial charge is 0.317 e. The number of hydrogen-bond acceptors (Lipinski definition) is 4. The highest BCUT2D eigenvalue weighted by Crippen LogP contribution is 2.12. The lowest BCUT2D eigenvalue weighted by molar-refractivity contribution is -0.121. The zero-order valence-electron chi connectivity index (χ0n) is 10.2. The third kappa shape index (κ3) is 4.47. The van der Waals surface area contributed by atoms with Gasteiger partial charge in [-0.05, 0) is 45.4 Å². The molecule has 0 unspecified atom stereocenters. The van der Waals surface area contributed by atoms with Gasteiger partial charge in [-0.2, -0.15) is 0 Å². The number of amides is 1. The Morgan fingerprint density at radius 1 is 1.50 bits per heavy atom. The number of rotatable bonds is 6. The van der Waals surface area contributed by atoms with Gasteiger partial charge in [-0.1, -0.05) is 6.92 Å². The first-order chi connectivity index (χ1) is 7.77. The van der Waals surface area contributed by atoms with Crippen LogP contribution in [-0.4, -0.2) is 43.0 Å². The van der Waals surface area contributed by atoms with Crippen LogP contribution in [-0.2, 0) is 4.79 Å². The number of nitrogens with one attached hydrogen (secondary N) is 2. The topological polar surface area (TPSA) is 70.4 Å². The summed E-state index contributed by atoms with van der Waals surface area (Å²) in [5.74, 6) is 4.97. The van der Waals surface area contributed by atoms with Gasteiger partial charge in [0.05, 0.1) is 0 Å². The van der Waals surface area contributed by atoms with Gasteiger partial charge in [-0.3, -0.25) is 10.2 Å². The Kier molecular flexibility index (Phi) is 6.37. The van der Waals surface area contributed by atoms with E-state index >= 15 is 0 Å². The highest BCUT2D eigenvalue weighted by molar-refractivity contribution is 5.75. The monoisotopic (exact) mass is 228 g/mol. The quantitative estimate of drug-likeness (QED) is 0.335. The van der Waals surface area contributed by atoms with Crippen LogP contribution in [0.15, 0.2) is 0 Å². The van der Waals surface area contributed by atoms with Crippen molar-refractivity contribution in [1.82, 2.24) is 15.6 Å². The summed E-state index contributed by atoms with van der Waals surface area (Å²) in [6.45, 7) is 6.48. The predicted octanol–water partition coefficient (Wildman–Crippen LogP) is -0.170. The Morgan fingerprint density at radius 2 is 2.19 bits per heavy atom. The lowest BCUT2D eigenvalue weighted by Crippen LogP contribution is -2.43. The van der Waals surface area contributed by atoms with E-state index in [9.17, 15) is 4.79 Å². The molecule has 5 nitrogen and oxygen atoms in total. The van der Waals surface area contributed by atoms with Crippen LogP contribution in [0.3, 0.4) is 0 Å². The number of nitrogens with zero attached hydrogens (tertiary/aromatic N) is 1. The van der Waals surface area contributed by atoms with Crippen molar-refractivity contribution in [3.63, 3.8) is 0 Å². The fourth-order valence-corrected chi connectivity index (χ4v) is 2.29. The van der Waals surface area contributed by atoms with Gasteiger partial charge in [0.1, 0.15) is 0 Å². The van der Waals surface area contributed by atoms with Crippen LogP contribution in [0.1, 0.15) is 32.6 Å². The van der Waals surface area contributed by atoms with Gasteiger partial charge in [0.25, 0.3) is 0 Å². The number of hydrazine groups is 1. The molecule has 0 aromatic carbocycles. The smallest absolute Gasteiger partial charge is 0.233 e. The highest BCUT2D eigenvalue weighted by Gasteiger charge is 2.19. The minimum atomic E-state index is -0.0682. The molecule has 5 heteroatoms. The average molecular weight is 228 g/mol. The maximum Gasteiger partial charge on any atom is 0.233 e. The first kappa shape index (κ1) is 13.4. The van der Waals surface area contributed by atoms with Crippen molar-refractivity contribution < 1.29 is 4.79 Å². The summed E-state index contributed by atoms with van der Waals surface area (Å²) in [4.78, 5) is 13.5. The molecule has 0 saturated carbocycles. The number of nitrogens with two attached hydrogens (primary N) is 1. The van der Waals surface area contributed by atoms with E-state index in [0.29, 0.717) is 12.5 Å². The van der Waals surface area contributed by atoms with Crippen molar-refractivity contribution in [2.75, 3.05) is 26.2 Å². The summed E-state index contributed by atoms with van der Waals surface area (Å²) in [7, 11) is 0. The number of carbonyl (C=O) groups excluding carboxylic acids is 1. The molecular formula is C11H24N4O. The number of piperidine rings is 1. The number of hydrogen-bond donors (Lipinski definition) is 3. The zero-order chi connectivity index (χ0) is 11.8. The Balaban J connectivity index is 2.22. The van der Waals surface area contributed by atoms with Gasteiger partial charge in [-0.25, -0.2) is 5.84 Å². The van der Waals surface area contributed by atoms with Gasteiger partial charge < -0.3 is 10.2 Å². The van der Waals surface area contributed by atoms with Crippen molar-refractivity contribution in [1.29, 1.82) is 0 Å². The van der Waals surface area contributed by atoms with E-state index in [4.69, 9.17) is 5.84 Å². The molecule has 0 atom stereocenters. The van der Waals surface area contributed by atoms with Crippen molar-refractivity contribution in [2.45, 2.75) is 38.6 Å². The molecule has 16 heavy (non-hydrogen) atoms. The molecular weight excluding hydrogens is 204 g/mol. The van der Waals surface area contributed by atoms with E-state index < -0.39 is 0 Å². The minimum absolute atomic E-state index is 0.0682. The molecule has 0 aromatic rings. The lowest BCUT2D eigenvalue weighted by Gasteiger charge is -2.33. The number of carbonyl (C=O) groups is 1. The SMILES string of the molecule is CCN(CCCC(=O)NN)C1CCNCC1. The maximum atomic E-state index is 11.0. The molecule has 1 aliphatic rings. The summed E-state index contributed by atoms with van der Waals surface area (Å²) in [6.07, 6.45) is 3.85. The van der Waals surface area contributed by atoms with Crippen molar-refractivity contribution in [3.8, 4) is 0 Å². The molecule has 0 radical (unpaired) electrons. The second kappa shape index (κ2) is 7.60. The fourth-order valence-electron chi connectivity index (χ4n) is 2.29. The molecule has 0 spiro atoms. The minimum Gasteiger partial charge on any atom is -0.317 e. The standard InChI is InChI=1S/C11H24N4O/c1-2-15(9-3-4-11(16)14-12)10-5-7-13-8-6-10/h10,13H,2-9,12H2,1H3,(H,14,16). The molecule has 0 bridgehead atoms.